The Hall–Kier alpha value is -2.96. The van der Waals surface area contributed by atoms with E-state index < -0.39 is 0 Å². The highest BCUT2D eigenvalue weighted by atomic mass is 16.5. The molecule has 7 nitrogen and oxygen atoms in total. The zero-order valence-electron chi connectivity index (χ0n) is 14.4. The first kappa shape index (κ1) is 15.6. The van der Waals surface area contributed by atoms with Crippen molar-refractivity contribution in [3.05, 3.63) is 36.3 Å². The minimum absolute atomic E-state index is 0.650. The van der Waals surface area contributed by atoms with E-state index in [1.807, 2.05) is 41.9 Å². The Bertz CT molecular complexity index is 1000. The molecule has 0 bridgehead atoms. The molecule has 0 aliphatic carbocycles. The summed E-state index contributed by atoms with van der Waals surface area (Å²) in [7, 11) is 0. The number of fused-ring (bicyclic) bond motifs is 3. The van der Waals surface area contributed by atoms with Gasteiger partial charge in [0.15, 0.2) is 17.1 Å². The van der Waals surface area contributed by atoms with Gasteiger partial charge in [0.2, 0.25) is 0 Å². The van der Waals surface area contributed by atoms with Gasteiger partial charge in [0.1, 0.15) is 11.6 Å². The van der Waals surface area contributed by atoms with Crippen LogP contribution in [-0.2, 0) is 6.42 Å². The van der Waals surface area contributed by atoms with Gasteiger partial charge in [-0.05, 0) is 37.6 Å². The second-order valence-corrected chi connectivity index (χ2v) is 5.88. The van der Waals surface area contributed by atoms with E-state index in [9.17, 15) is 0 Å². The zero-order chi connectivity index (χ0) is 17.2. The van der Waals surface area contributed by atoms with E-state index in [1.165, 1.54) is 0 Å². The van der Waals surface area contributed by atoms with Crippen molar-refractivity contribution in [1.82, 2.24) is 29.8 Å². The number of aromatic nitrogens is 6. The summed E-state index contributed by atoms with van der Waals surface area (Å²) in [5.41, 5.74) is 2.42. The number of nitrogens with one attached hydrogen (secondary N) is 1. The number of hydrogen-bond acceptors (Lipinski definition) is 5. The maximum atomic E-state index is 5.50. The number of rotatable bonds is 6. The van der Waals surface area contributed by atoms with Crippen molar-refractivity contribution in [2.24, 2.45) is 0 Å². The fourth-order valence-electron chi connectivity index (χ4n) is 2.85. The average Bonchev–Trinajstić information content (AvgIpc) is 3.27. The topological polar surface area (TPSA) is 81.0 Å². The standard InChI is InChI=1S/C18H20N6O/c1-3-5-6-15-20-17-14(11-19-22-17)18-21-16(23-24(15)18)12-7-9-13(10-8-12)25-4-2/h7-11H,3-6H2,1-2H3,(H,19,22). The van der Waals surface area contributed by atoms with E-state index in [4.69, 9.17) is 14.8 Å². The van der Waals surface area contributed by atoms with E-state index in [-0.39, 0.29) is 0 Å². The first-order valence-corrected chi connectivity index (χ1v) is 8.62. The molecule has 0 saturated carbocycles. The molecule has 4 aromatic rings. The highest BCUT2D eigenvalue weighted by molar-refractivity contribution is 5.88. The molecule has 0 fully saturated rings. The Labute approximate surface area is 145 Å². The third-order valence-corrected chi connectivity index (χ3v) is 4.13. The molecule has 4 rings (SSSR count). The fourth-order valence-corrected chi connectivity index (χ4v) is 2.85. The van der Waals surface area contributed by atoms with E-state index in [0.717, 1.165) is 47.4 Å². The number of nitrogens with zero attached hydrogens (tertiary/aromatic N) is 5. The van der Waals surface area contributed by atoms with Crippen molar-refractivity contribution in [1.29, 1.82) is 0 Å². The quantitative estimate of drug-likeness (QED) is 0.583. The van der Waals surface area contributed by atoms with Crippen LogP contribution in [0.1, 0.15) is 32.5 Å². The Kier molecular flexibility index (Phi) is 4.05. The Balaban J connectivity index is 1.82. The SMILES string of the molecule is CCCCc1nc2n[nH]cc2c2nc(-c3ccc(OCC)cc3)nn12. The maximum absolute atomic E-state index is 5.50. The minimum atomic E-state index is 0.650. The van der Waals surface area contributed by atoms with Crippen molar-refractivity contribution >= 4 is 16.7 Å². The molecule has 0 unspecified atom stereocenters. The second kappa shape index (κ2) is 6.51. The van der Waals surface area contributed by atoms with Crippen LogP contribution >= 0.6 is 0 Å². The Morgan fingerprint density at radius 1 is 1.12 bits per heavy atom. The van der Waals surface area contributed by atoms with Gasteiger partial charge < -0.3 is 4.74 Å². The van der Waals surface area contributed by atoms with Gasteiger partial charge in [-0.3, -0.25) is 5.10 Å². The minimum Gasteiger partial charge on any atom is -0.494 e. The lowest BCUT2D eigenvalue weighted by Crippen LogP contribution is -2.03. The van der Waals surface area contributed by atoms with Crippen molar-refractivity contribution in [3.63, 3.8) is 0 Å². The maximum Gasteiger partial charge on any atom is 0.186 e. The predicted molar refractivity (Wildman–Crippen MR) is 95.7 cm³/mol. The number of benzene rings is 1. The number of hydrogen-bond donors (Lipinski definition) is 1. The number of ether oxygens (including phenoxy) is 1. The summed E-state index contributed by atoms with van der Waals surface area (Å²) in [6, 6.07) is 7.83. The molecule has 25 heavy (non-hydrogen) atoms. The van der Waals surface area contributed by atoms with Crippen LogP contribution in [0.2, 0.25) is 0 Å². The largest absolute Gasteiger partial charge is 0.494 e. The molecule has 1 N–H and O–H groups in total. The summed E-state index contributed by atoms with van der Waals surface area (Å²) in [6.07, 6.45) is 4.82. The van der Waals surface area contributed by atoms with Gasteiger partial charge in [0, 0.05) is 18.2 Å². The first-order chi connectivity index (χ1) is 12.3. The van der Waals surface area contributed by atoms with Crippen LogP contribution in [0.5, 0.6) is 5.75 Å². The van der Waals surface area contributed by atoms with Gasteiger partial charge in [-0.2, -0.15) is 9.61 Å². The van der Waals surface area contributed by atoms with Crippen LogP contribution in [0, 0.1) is 0 Å². The highest BCUT2D eigenvalue weighted by Gasteiger charge is 2.15. The van der Waals surface area contributed by atoms with Gasteiger partial charge in [-0.15, -0.1) is 5.10 Å². The monoisotopic (exact) mass is 336 g/mol. The highest BCUT2D eigenvalue weighted by Crippen LogP contribution is 2.23. The average molecular weight is 336 g/mol. The molecule has 0 aliphatic rings. The van der Waals surface area contributed by atoms with Crippen molar-refractivity contribution in [3.8, 4) is 17.1 Å². The lowest BCUT2D eigenvalue weighted by Gasteiger charge is -2.03. The van der Waals surface area contributed by atoms with Gasteiger partial charge in [-0.25, -0.2) is 9.97 Å². The number of unbranched alkanes of at least 4 members (excludes halogenated alkanes) is 1. The zero-order valence-corrected chi connectivity index (χ0v) is 14.4. The molecule has 0 aliphatic heterocycles. The summed E-state index contributed by atoms with van der Waals surface area (Å²) in [4.78, 5) is 9.38. The lowest BCUT2D eigenvalue weighted by atomic mass is 10.2. The van der Waals surface area contributed by atoms with Crippen LogP contribution in [0.25, 0.3) is 28.1 Å². The molecule has 3 aromatic heterocycles. The summed E-state index contributed by atoms with van der Waals surface area (Å²) < 4.78 is 7.34. The molecule has 0 spiro atoms. The predicted octanol–water partition coefficient (Wildman–Crippen LogP) is 3.41. The number of aromatic amines is 1. The molecule has 0 atom stereocenters. The van der Waals surface area contributed by atoms with Crippen LogP contribution in [0.3, 0.4) is 0 Å². The number of H-pyrrole nitrogens is 1. The second-order valence-electron chi connectivity index (χ2n) is 5.88. The summed E-state index contributed by atoms with van der Waals surface area (Å²) in [5, 5.41) is 12.7. The smallest absolute Gasteiger partial charge is 0.186 e. The molecule has 3 heterocycles. The van der Waals surface area contributed by atoms with Gasteiger partial charge in [0.25, 0.3) is 0 Å². The summed E-state index contributed by atoms with van der Waals surface area (Å²) in [6.45, 7) is 4.78. The van der Waals surface area contributed by atoms with Gasteiger partial charge >= 0.3 is 0 Å². The molecule has 0 amide bonds. The molecule has 128 valence electrons. The summed E-state index contributed by atoms with van der Waals surface area (Å²) >= 11 is 0. The molecule has 0 saturated heterocycles. The van der Waals surface area contributed by atoms with Gasteiger partial charge in [0.05, 0.1) is 12.0 Å². The van der Waals surface area contributed by atoms with Crippen LogP contribution in [0.4, 0.5) is 0 Å². The molecule has 0 radical (unpaired) electrons. The molecule has 1 aromatic carbocycles. The third-order valence-electron chi connectivity index (χ3n) is 4.13. The van der Waals surface area contributed by atoms with Crippen molar-refractivity contribution in [2.75, 3.05) is 6.61 Å². The molecular weight excluding hydrogens is 316 g/mol. The number of aryl methyl sites for hydroxylation is 1. The lowest BCUT2D eigenvalue weighted by molar-refractivity contribution is 0.340. The fraction of sp³-hybridized carbons (Fsp3) is 0.333. The summed E-state index contributed by atoms with van der Waals surface area (Å²) in [5.74, 6) is 2.41. The Morgan fingerprint density at radius 2 is 1.96 bits per heavy atom. The van der Waals surface area contributed by atoms with E-state index >= 15 is 0 Å². The van der Waals surface area contributed by atoms with Crippen LogP contribution < -0.4 is 4.74 Å². The van der Waals surface area contributed by atoms with Gasteiger partial charge in [-0.1, -0.05) is 13.3 Å². The first-order valence-electron chi connectivity index (χ1n) is 8.62. The third kappa shape index (κ3) is 2.82. The van der Waals surface area contributed by atoms with E-state index in [1.54, 1.807) is 0 Å². The normalized spacial score (nSPS) is 11.4. The molecule has 7 heteroatoms. The van der Waals surface area contributed by atoms with Crippen LogP contribution in [-0.4, -0.2) is 36.4 Å². The van der Waals surface area contributed by atoms with Crippen LogP contribution in [0.15, 0.2) is 30.5 Å². The Morgan fingerprint density at radius 3 is 2.72 bits per heavy atom. The van der Waals surface area contributed by atoms with Crippen molar-refractivity contribution < 1.29 is 4.74 Å². The van der Waals surface area contributed by atoms with E-state index in [2.05, 4.69) is 22.1 Å². The molecular formula is C18H20N6O. The van der Waals surface area contributed by atoms with E-state index in [0.29, 0.717) is 18.1 Å². The van der Waals surface area contributed by atoms with Crippen molar-refractivity contribution in [2.45, 2.75) is 33.1 Å².